The van der Waals surface area contributed by atoms with Crippen LogP contribution in [0.5, 0.6) is 5.75 Å². The van der Waals surface area contributed by atoms with Gasteiger partial charge in [0.05, 0.1) is 13.7 Å². The highest BCUT2D eigenvalue weighted by Crippen LogP contribution is 2.24. The van der Waals surface area contributed by atoms with Crippen molar-refractivity contribution in [1.29, 1.82) is 0 Å². The topological polar surface area (TPSA) is 32.7 Å². The first-order valence-corrected chi connectivity index (χ1v) is 7.14. The number of rotatable bonds is 4. The summed E-state index contributed by atoms with van der Waals surface area (Å²) in [6.07, 6.45) is 0. The predicted octanol–water partition coefficient (Wildman–Crippen LogP) is 2.74. The van der Waals surface area contributed by atoms with Crippen LogP contribution < -0.4 is 9.64 Å². The zero-order valence-electron chi connectivity index (χ0n) is 11.6. The summed E-state index contributed by atoms with van der Waals surface area (Å²) in [5.41, 5.74) is 2.08. The van der Waals surface area contributed by atoms with E-state index in [1.165, 1.54) is 4.88 Å². The summed E-state index contributed by atoms with van der Waals surface area (Å²) in [5.74, 6) is 6.53. The molecule has 0 aliphatic heterocycles. The van der Waals surface area contributed by atoms with Crippen molar-refractivity contribution < 1.29 is 9.84 Å². The number of hydrogen-bond donors (Lipinski definition) is 1. The van der Waals surface area contributed by atoms with Crippen molar-refractivity contribution in [2.45, 2.75) is 6.54 Å². The monoisotopic (exact) mass is 287 g/mol. The quantitative estimate of drug-likeness (QED) is 0.878. The lowest BCUT2D eigenvalue weighted by molar-refractivity contribution is 0.350. The minimum Gasteiger partial charge on any atom is -0.497 e. The summed E-state index contributed by atoms with van der Waals surface area (Å²) in [5, 5.41) is 10.8. The third-order valence-corrected chi connectivity index (χ3v) is 3.83. The highest BCUT2D eigenvalue weighted by molar-refractivity contribution is 7.10. The fourth-order valence-corrected chi connectivity index (χ4v) is 2.75. The van der Waals surface area contributed by atoms with E-state index in [9.17, 15) is 0 Å². The number of anilines is 1. The van der Waals surface area contributed by atoms with Gasteiger partial charge in [-0.1, -0.05) is 17.9 Å². The van der Waals surface area contributed by atoms with Gasteiger partial charge in [-0.05, 0) is 23.6 Å². The molecule has 0 amide bonds. The Balaban J connectivity index is 2.15. The third kappa shape index (κ3) is 3.53. The van der Waals surface area contributed by atoms with E-state index in [-0.39, 0.29) is 6.61 Å². The lowest BCUT2D eigenvalue weighted by Crippen LogP contribution is -2.16. The van der Waals surface area contributed by atoms with Crippen molar-refractivity contribution in [3.8, 4) is 17.6 Å². The molecular formula is C16H17NO2S. The van der Waals surface area contributed by atoms with Crippen LogP contribution in [0.3, 0.4) is 0 Å². The van der Waals surface area contributed by atoms with Gasteiger partial charge in [-0.15, -0.1) is 11.3 Å². The van der Waals surface area contributed by atoms with Crippen LogP contribution in [0.4, 0.5) is 5.69 Å². The van der Waals surface area contributed by atoms with E-state index in [0.717, 1.165) is 23.5 Å². The van der Waals surface area contributed by atoms with Crippen molar-refractivity contribution in [3.63, 3.8) is 0 Å². The van der Waals surface area contributed by atoms with Gasteiger partial charge in [0.25, 0.3) is 0 Å². The largest absolute Gasteiger partial charge is 0.497 e. The van der Waals surface area contributed by atoms with E-state index in [1.807, 2.05) is 36.7 Å². The number of nitrogens with zero attached hydrogens (tertiary/aromatic N) is 1. The Morgan fingerprint density at radius 2 is 2.20 bits per heavy atom. The summed E-state index contributed by atoms with van der Waals surface area (Å²) < 4.78 is 5.24. The molecule has 0 aliphatic carbocycles. The van der Waals surface area contributed by atoms with Crippen molar-refractivity contribution in [2.75, 3.05) is 25.7 Å². The second-order valence-electron chi connectivity index (χ2n) is 4.27. The number of methoxy groups -OCH3 is 1. The molecular weight excluding hydrogens is 270 g/mol. The van der Waals surface area contributed by atoms with Crippen LogP contribution in [0.1, 0.15) is 10.4 Å². The van der Waals surface area contributed by atoms with Crippen LogP contribution >= 0.6 is 11.3 Å². The minimum atomic E-state index is -0.110. The Bertz CT molecular complexity index is 625. The summed E-state index contributed by atoms with van der Waals surface area (Å²) in [6, 6.07) is 9.95. The minimum absolute atomic E-state index is 0.110. The standard InChI is InChI=1S/C16H17NO2S/c1-17(14-6-3-7-15(11-14)19-2)12-16-13(5-4-9-18)8-10-20-16/h3,6-8,10-11,18H,9,12H2,1-2H3. The van der Waals surface area contributed by atoms with Crippen molar-refractivity contribution >= 4 is 17.0 Å². The zero-order chi connectivity index (χ0) is 14.4. The number of ether oxygens (including phenoxy) is 1. The lowest BCUT2D eigenvalue weighted by Gasteiger charge is -2.19. The number of benzene rings is 1. The van der Waals surface area contributed by atoms with Crippen LogP contribution in [-0.2, 0) is 6.54 Å². The maximum Gasteiger partial charge on any atom is 0.120 e. The maximum absolute atomic E-state index is 8.78. The maximum atomic E-state index is 8.78. The fourth-order valence-electron chi connectivity index (χ4n) is 1.86. The Morgan fingerprint density at radius 1 is 1.35 bits per heavy atom. The van der Waals surface area contributed by atoms with Gasteiger partial charge in [-0.3, -0.25) is 0 Å². The van der Waals surface area contributed by atoms with E-state index >= 15 is 0 Å². The first-order chi connectivity index (χ1) is 9.74. The number of aliphatic hydroxyl groups excluding tert-OH is 1. The Labute approximate surface area is 123 Å². The Hall–Kier alpha value is -1.96. The van der Waals surface area contributed by atoms with Crippen LogP contribution in [0, 0.1) is 11.8 Å². The van der Waals surface area contributed by atoms with Crippen LogP contribution in [0.2, 0.25) is 0 Å². The lowest BCUT2D eigenvalue weighted by atomic mass is 10.2. The average molecular weight is 287 g/mol. The molecule has 3 nitrogen and oxygen atoms in total. The second-order valence-corrected chi connectivity index (χ2v) is 5.28. The van der Waals surface area contributed by atoms with Crippen LogP contribution in [-0.4, -0.2) is 25.9 Å². The molecule has 1 heterocycles. The molecule has 2 aromatic rings. The molecule has 4 heteroatoms. The highest BCUT2D eigenvalue weighted by Gasteiger charge is 2.07. The van der Waals surface area contributed by atoms with E-state index < -0.39 is 0 Å². The molecule has 0 radical (unpaired) electrons. The van der Waals surface area contributed by atoms with Crippen molar-refractivity contribution in [2.24, 2.45) is 0 Å². The molecule has 0 aliphatic rings. The van der Waals surface area contributed by atoms with Gasteiger partial charge < -0.3 is 14.7 Å². The molecule has 0 fully saturated rings. The van der Waals surface area contributed by atoms with Crippen LogP contribution in [0.25, 0.3) is 0 Å². The normalized spacial score (nSPS) is 9.75. The van der Waals surface area contributed by atoms with Gasteiger partial charge >= 0.3 is 0 Å². The SMILES string of the molecule is COc1cccc(N(C)Cc2sccc2C#CCO)c1. The number of aliphatic hydroxyl groups is 1. The predicted molar refractivity (Wildman–Crippen MR) is 83.4 cm³/mol. The molecule has 104 valence electrons. The molecule has 0 saturated heterocycles. The molecule has 0 saturated carbocycles. The first kappa shape index (κ1) is 14.4. The van der Waals surface area contributed by atoms with Crippen molar-refractivity contribution in [3.05, 3.63) is 46.2 Å². The summed E-state index contributed by atoms with van der Waals surface area (Å²) in [7, 11) is 3.71. The smallest absolute Gasteiger partial charge is 0.120 e. The summed E-state index contributed by atoms with van der Waals surface area (Å²) >= 11 is 1.68. The van der Waals surface area contributed by atoms with Crippen LogP contribution in [0.15, 0.2) is 35.7 Å². The first-order valence-electron chi connectivity index (χ1n) is 6.26. The van der Waals surface area contributed by atoms with Gasteiger partial charge in [-0.2, -0.15) is 0 Å². The highest BCUT2D eigenvalue weighted by atomic mass is 32.1. The molecule has 0 atom stereocenters. The van der Waals surface area contributed by atoms with Crippen molar-refractivity contribution in [1.82, 2.24) is 0 Å². The fraction of sp³-hybridized carbons (Fsp3) is 0.250. The molecule has 20 heavy (non-hydrogen) atoms. The molecule has 1 aromatic heterocycles. The number of hydrogen-bond acceptors (Lipinski definition) is 4. The Morgan fingerprint density at radius 3 is 2.95 bits per heavy atom. The van der Waals surface area contributed by atoms with E-state index in [0.29, 0.717) is 0 Å². The summed E-state index contributed by atoms with van der Waals surface area (Å²) in [6.45, 7) is 0.668. The Kier molecular flexibility index (Phi) is 5.05. The van der Waals surface area contributed by atoms with E-state index in [4.69, 9.17) is 9.84 Å². The van der Waals surface area contributed by atoms with Gasteiger partial charge in [0.2, 0.25) is 0 Å². The van der Waals surface area contributed by atoms with Gasteiger partial charge in [0.15, 0.2) is 0 Å². The molecule has 1 N–H and O–H groups in total. The van der Waals surface area contributed by atoms with E-state index in [1.54, 1.807) is 18.4 Å². The average Bonchev–Trinajstić information content (AvgIpc) is 2.92. The summed E-state index contributed by atoms with van der Waals surface area (Å²) in [4.78, 5) is 3.34. The second kappa shape index (κ2) is 6.99. The van der Waals surface area contributed by atoms with Gasteiger partial charge in [0, 0.05) is 29.2 Å². The molecule has 0 bridgehead atoms. The van der Waals surface area contributed by atoms with Gasteiger partial charge in [-0.25, -0.2) is 0 Å². The molecule has 0 unspecified atom stereocenters. The molecule has 2 rings (SSSR count). The van der Waals surface area contributed by atoms with E-state index in [2.05, 4.69) is 22.8 Å². The number of thiophene rings is 1. The van der Waals surface area contributed by atoms with Gasteiger partial charge in [0.1, 0.15) is 12.4 Å². The molecule has 0 spiro atoms. The molecule has 1 aromatic carbocycles. The zero-order valence-corrected chi connectivity index (χ0v) is 12.4. The third-order valence-electron chi connectivity index (χ3n) is 2.92.